The maximum atomic E-state index is 13.1. The van der Waals surface area contributed by atoms with Crippen LogP contribution in [0.5, 0.6) is 0 Å². The topological polar surface area (TPSA) is 237 Å². The van der Waals surface area contributed by atoms with Gasteiger partial charge in [-0.2, -0.15) is 0 Å². The molecule has 0 bridgehead atoms. The van der Waals surface area contributed by atoms with Crippen LogP contribution in [0.1, 0.15) is 285 Å². The summed E-state index contributed by atoms with van der Waals surface area (Å²) in [7, 11) is -9.99. The third-order valence-electron chi connectivity index (χ3n) is 15.7. The molecule has 590 valence electrons. The number of allylic oxidation sites excluding steroid dienone is 28. The standard InChI is InChI=1S/C85H138O17P2/c1-5-9-13-17-21-25-29-32-35-37-39-41-44-46-50-53-57-61-65-69-82(87)95-75-80(101-84(89)71-67-63-59-55-49-28-24-20-16-12-8-4)77-99-103(91,92)97-73-79(86)74-98-104(93,94)100-78-81(102-85(90)72-68-64-60-56-52-48-43-34-31-27-23-19-15-11-7-3)76-96-83(88)70-66-62-58-54-51-47-45-42-40-38-36-33-30-26-22-18-14-10-6-2/h9-11,13-15,20-27,32-36,39-43,46-47,50-51,79-81,86H,5-8,12,16-19,28-31,37-38,44-45,48-49,52-78H2,1-4H3,(H,91,92)(H,93,94)/b13-9-,14-10-,15-11-,24-20-,25-21-,26-22-,27-23-,35-32-,36-33-,41-39-,42-40-,43-34-,50-46-,51-47-. The van der Waals surface area contributed by atoms with Crippen LogP contribution < -0.4 is 0 Å². The number of aliphatic hydroxyl groups excluding tert-OH is 1. The second kappa shape index (κ2) is 75.6. The van der Waals surface area contributed by atoms with Gasteiger partial charge in [-0.1, -0.05) is 262 Å². The van der Waals surface area contributed by atoms with E-state index in [4.69, 9.17) is 37.0 Å². The summed E-state index contributed by atoms with van der Waals surface area (Å²) in [6.07, 6.45) is 89.1. The van der Waals surface area contributed by atoms with Gasteiger partial charge in [0, 0.05) is 25.7 Å². The van der Waals surface area contributed by atoms with E-state index in [1.807, 2.05) is 0 Å². The number of carbonyl (C=O) groups is 4. The molecule has 0 heterocycles. The van der Waals surface area contributed by atoms with Crippen molar-refractivity contribution in [3.63, 3.8) is 0 Å². The van der Waals surface area contributed by atoms with E-state index in [1.165, 1.54) is 12.8 Å². The van der Waals surface area contributed by atoms with Crippen LogP contribution in [0.2, 0.25) is 0 Å². The highest BCUT2D eigenvalue weighted by Crippen LogP contribution is 2.45. The first-order valence-electron chi connectivity index (χ1n) is 39.4. The molecule has 17 nitrogen and oxygen atoms in total. The van der Waals surface area contributed by atoms with E-state index in [2.05, 4.69) is 198 Å². The fourth-order valence-electron chi connectivity index (χ4n) is 9.74. The van der Waals surface area contributed by atoms with Crippen molar-refractivity contribution in [3.05, 3.63) is 170 Å². The molecule has 0 saturated carbocycles. The normalized spacial score (nSPS) is 14.8. The second-order valence-electron chi connectivity index (χ2n) is 25.5. The minimum Gasteiger partial charge on any atom is -0.462 e. The molecule has 0 aromatic carbocycles. The fourth-order valence-corrected chi connectivity index (χ4v) is 11.3. The van der Waals surface area contributed by atoms with Gasteiger partial charge in [0.25, 0.3) is 0 Å². The molecule has 0 rings (SSSR count). The van der Waals surface area contributed by atoms with Crippen molar-refractivity contribution in [2.75, 3.05) is 39.6 Å². The van der Waals surface area contributed by atoms with Gasteiger partial charge in [0.15, 0.2) is 12.2 Å². The van der Waals surface area contributed by atoms with Crippen LogP contribution in [0.3, 0.4) is 0 Å². The summed E-state index contributed by atoms with van der Waals surface area (Å²) >= 11 is 0. The zero-order chi connectivity index (χ0) is 76.0. The highest BCUT2D eigenvalue weighted by molar-refractivity contribution is 7.47. The Kier molecular flexibility index (Phi) is 71.6. The van der Waals surface area contributed by atoms with Gasteiger partial charge in [0.1, 0.15) is 19.3 Å². The summed E-state index contributed by atoms with van der Waals surface area (Å²) in [5.74, 6) is -2.29. The number of aliphatic hydroxyl groups is 1. The lowest BCUT2D eigenvalue weighted by molar-refractivity contribution is -0.161. The summed E-state index contributed by atoms with van der Waals surface area (Å²) in [6, 6.07) is 0. The van der Waals surface area contributed by atoms with Gasteiger partial charge in [0.2, 0.25) is 0 Å². The van der Waals surface area contributed by atoms with Gasteiger partial charge in [0.05, 0.1) is 26.4 Å². The molecule has 5 unspecified atom stereocenters. The van der Waals surface area contributed by atoms with E-state index in [0.717, 1.165) is 193 Å². The highest BCUT2D eigenvalue weighted by atomic mass is 31.2. The molecule has 0 aliphatic rings. The predicted octanol–water partition coefficient (Wildman–Crippen LogP) is 23.0. The summed E-state index contributed by atoms with van der Waals surface area (Å²) in [6.45, 7) is 4.37. The predicted molar refractivity (Wildman–Crippen MR) is 426 cm³/mol. The maximum absolute atomic E-state index is 13.1. The molecule has 104 heavy (non-hydrogen) atoms. The first-order valence-corrected chi connectivity index (χ1v) is 42.4. The Bertz CT molecular complexity index is 2640. The smallest absolute Gasteiger partial charge is 0.462 e. The Balaban J connectivity index is 5.41. The number of rotatable bonds is 72. The average Bonchev–Trinajstić information content (AvgIpc) is 0.929. The average molecular weight is 1490 g/mol. The van der Waals surface area contributed by atoms with E-state index in [-0.39, 0.29) is 25.7 Å². The Morgan fingerprint density at radius 2 is 0.500 bits per heavy atom. The molecule has 0 saturated heterocycles. The Morgan fingerprint density at radius 1 is 0.279 bits per heavy atom. The molecule has 0 spiro atoms. The number of ether oxygens (including phenoxy) is 4. The SMILES string of the molecule is CC/C=C\C/C=C\C/C=C\C/C=C\C/C=C\CCCCCC(=O)OCC(COP(=O)(O)OCC(O)COP(=O)(O)OCC(COC(=O)CCCCC/C=C\C/C=C\C/C=C\C/C=C\C/C=C\CC)OC(=O)CCCCCCC/C=C\CCCC)OC(=O)CCCCCCC/C=C\C/C=C\C/C=C\CC. The molecular formula is C85H138O17P2. The van der Waals surface area contributed by atoms with Crippen LogP contribution >= 0.6 is 15.6 Å². The molecule has 5 atom stereocenters. The quantitative estimate of drug-likeness (QED) is 0.0169. The molecule has 0 radical (unpaired) electrons. The molecular weight excluding hydrogens is 1350 g/mol. The number of esters is 4. The van der Waals surface area contributed by atoms with Crippen LogP contribution in [0.15, 0.2) is 170 Å². The van der Waals surface area contributed by atoms with E-state index in [1.54, 1.807) is 0 Å². The summed E-state index contributed by atoms with van der Waals surface area (Å²) < 4.78 is 68.5. The van der Waals surface area contributed by atoms with Crippen molar-refractivity contribution in [2.45, 2.75) is 303 Å². The van der Waals surface area contributed by atoms with Gasteiger partial charge >= 0.3 is 39.5 Å². The van der Waals surface area contributed by atoms with Crippen molar-refractivity contribution < 1.29 is 80.2 Å². The minimum atomic E-state index is -5.00. The molecule has 0 aromatic rings. The molecule has 0 fully saturated rings. The van der Waals surface area contributed by atoms with E-state index < -0.39 is 97.5 Å². The molecule has 19 heteroatoms. The number of phosphoric ester groups is 2. The van der Waals surface area contributed by atoms with Crippen LogP contribution in [-0.4, -0.2) is 96.7 Å². The Morgan fingerprint density at radius 3 is 0.788 bits per heavy atom. The van der Waals surface area contributed by atoms with Gasteiger partial charge in [-0.3, -0.25) is 37.3 Å². The van der Waals surface area contributed by atoms with Crippen LogP contribution in [0, 0.1) is 0 Å². The lowest BCUT2D eigenvalue weighted by Crippen LogP contribution is -2.30. The van der Waals surface area contributed by atoms with Crippen molar-refractivity contribution in [1.29, 1.82) is 0 Å². The zero-order valence-corrected chi connectivity index (χ0v) is 66.2. The van der Waals surface area contributed by atoms with Crippen molar-refractivity contribution in [2.24, 2.45) is 0 Å². The summed E-state index contributed by atoms with van der Waals surface area (Å²) in [5, 5.41) is 10.6. The van der Waals surface area contributed by atoms with Crippen molar-refractivity contribution >= 4 is 39.5 Å². The van der Waals surface area contributed by atoms with Gasteiger partial charge in [-0.15, -0.1) is 0 Å². The summed E-state index contributed by atoms with van der Waals surface area (Å²) in [4.78, 5) is 72.9. The maximum Gasteiger partial charge on any atom is 0.472 e. The molecule has 3 N–H and O–H groups in total. The molecule has 0 aliphatic heterocycles. The van der Waals surface area contributed by atoms with Gasteiger partial charge in [-0.25, -0.2) is 9.13 Å². The highest BCUT2D eigenvalue weighted by Gasteiger charge is 2.30. The van der Waals surface area contributed by atoms with Crippen molar-refractivity contribution in [3.8, 4) is 0 Å². The lowest BCUT2D eigenvalue weighted by atomic mass is 10.1. The molecule has 0 aromatic heterocycles. The fraction of sp³-hybridized carbons (Fsp3) is 0.624. The molecule has 0 aliphatic carbocycles. The largest absolute Gasteiger partial charge is 0.472 e. The molecule has 0 amide bonds. The summed E-state index contributed by atoms with van der Waals surface area (Å²) in [5.41, 5.74) is 0. The lowest BCUT2D eigenvalue weighted by Gasteiger charge is -2.21. The first kappa shape index (κ1) is 98.4. The number of unbranched alkanes of at least 4 members (excludes halogenated alkanes) is 18. The number of hydrogen-bond donors (Lipinski definition) is 3. The third-order valence-corrected chi connectivity index (χ3v) is 17.6. The van der Waals surface area contributed by atoms with Crippen LogP contribution in [-0.2, 0) is 65.4 Å². The Hall–Kier alpha value is -5.58. The van der Waals surface area contributed by atoms with Gasteiger partial charge in [-0.05, 0) is 167 Å². The number of carbonyl (C=O) groups excluding carboxylic acids is 4. The van der Waals surface area contributed by atoms with Crippen molar-refractivity contribution in [1.82, 2.24) is 0 Å². The zero-order valence-electron chi connectivity index (χ0n) is 64.4. The monoisotopic (exact) mass is 1490 g/mol. The number of phosphoric acid groups is 2. The van der Waals surface area contributed by atoms with Gasteiger partial charge < -0.3 is 33.8 Å². The Labute approximate surface area is 629 Å². The first-order chi connectivity index (χ1) is 50.7. The second-order valence-corrected chi connectivity index (χ2v) is 28.4. The van der Waals surface area contributed by atoms with Crippen LogP contribution in [0.25, 0.3) is 0 Å². The van der Waals surface area contributed by atoms with E-state index >= 15 is 0 Å². The third kappa shape index (κ3) is 74.7. The van der Waals surface area contributed by atoms with E-state index in [9.17, 15) is 43.2 Å². The minimum absolute atomic E-state index is 0.0610. The van der Waals surface area contributed by atoms with Crippen LogP contribution in [0.4, 0.5) is 0 Å². The van der Waals surface area contributed by atoms with E-state index in [0.29, 0.717) is 25.7 Å². The number of hydrogen-bond acceptors (Lipinski definition) is 15.